The van der Waals surface area contributed by atoms with Gasteiger partial charge in [-0.25, -0.2) is 9.97 Å². The zero-order chi connectivity index (χ0) is 27.9. The summed E-state index contributed by atoms with van der Waals surface area (Å²) in [5.41, 5.74) is 5.75. The van der Waals surface area contributed by atoms with Crippen molar-refractivity contribution in [3.05, 3.63) is 101 Å². The van der Waals surface area contributed by atoms with Gasteiger partial charge in [0.2, 0.25) is 5.91 Å². The minimum absolute atomic E-state index is 0.124. The molecule has 1 amide bonds. The zero-order valence-corrected chi connectivity index (χ0v) is 24.1. The fourth-order valence-electron chi connectivity index (χ4n) is 6.18. The second-order valence-electron chi connectivity index (χ2n) is 12.0. The number of carbonyl (C=O) groups is 1. The summed E-state index contributed by atoms with van der Waals surface area (Å²) in [5.74, 6) is 2.41. The molecule has 2 heterocycles. The fraction of sp³-hybridized carbons (Fsp3) is 0.429. The quantitative estimate of drug-likeness (QED) is 0.305. The molecule has 0 radical (unpaired) electrons. The normalized spacial score (nSPS) is 21.3. The van der Waals surface area contributed by atoms with Gasteiger partial charge in [-0.15, -0.1) is 0 Å². The Morgan fingerprint density at radius 1 is 0.925 bits per heavy atom. The van der Waals surface area contributed by atoms with Gasteiger partial charge in [-0.05, 0) is 84.6 Å². The summed E-state index contributed by atoms with van der Waals surface area (Å²) in [4.78, 5) is 27.5. The van der Waals surface area contributed by atoms with E-state index in [-0.39, 0.29) is 17.9 Å². The largest absolute Gasteiger partial charge is 0.351 e. The molecule has 2 atom stereocenters. The van der Waals surface area contributed by atoms with Crippen molar-refractivity contribution in [2.45, 2.75) is 77.8 Å². The summed E-state index contributed by atoms with van der Waals surface area (Å²) < 4.78 is 0. The predicted molar refractivity (Wildman–Crippen MR) is 163 cm³/mol. The SMILES string of the molecule is CC(C)Cc1cnc(C[C@H]2CC[C@H](C(C(=O)NCc3ccccc3)c3ccc(C4=CC(C)N=C4)cc3)CC2)nc1. The van der Waals surface area contributed by atoms with Crippen LogP contribution in [0.4, 0.5) is 0 Å². The maximum absolute atomic E-state index is 13.7. The van der Waals surface area contributed by atoms with Crippen molar-refractivity contribution >= 4 is 17.7 Å². The van der Waals surface area contributed by atoms with Crippen molar-refractivity contribution < 1.29 is 4.79 Å². The number of hydrogen-bond donors (Lipinski definition) is 1. The summed E-state index contributed by atoms with van der Waals surface area (Å²) in [6.07, 6.45) is 14.3. The summed E-state index contributed by atoms with van der Waals surface area (Å²) in [6.45, 7) is 7.08. The second-order valence-corrected chi connectivity index (χ2v) is 12.0. The molecule has 2 aliphatic rings. The number of nitrogens with zero attached hydrogens (tertiary/aromatic N) is 3. The molecule has 0 spiro atoms. The lowest BCUT2D eigenvalue weighted by molar-refractivity contribution is -0.124. The molecule has 1 aliphatic heterocycles. The number of carbonyl (C=O) groups excluding carboxylic acids is 1. The van der Waals surface area contributed by atoms with Crippen LogP contribution in [0.2, 0.25) is 0 Å². The third-order valence-corrected chi connectivity index (χ3v) is 8.30. The van der Waals surface area contributed by atoms with Gasteiger partial charge >= 0.3 is 0 Å². The molecule has 1 fully saturated rings. The van der Waals surface area contributed by atoms with E-state index in [1.54, 1.807) is 0 Å². The third kappa shape index (κ3) is 7.32. The Morgan fingerprint density at radius 3 is 2.25 bits per heavy atom. The van der Waals surface area contributed by atoms with Gasteiger partial charge in [0.05, 0.1) is 12.0 Å². The van der Waals surface area contributed by atoms with Gasteiger partial charge in [0.15, 0.2) is 0 Å². The Balaban J connectivity index is 1.26. The van der Waals surface area contributed by atoms with Crippen LogP contribution in [0, 0.1) is 17.8 Å². The lowest BCUT2D eigenvalue weighted by Gasteiger charge is -2.33. The standard InChI is InChI=1S/C35H42N4O/c1-24(2)17-28-21-37-33(38-22-28)19-26-9-11-30(12-10-26)34(35(40)39-20-27-7-5-4-6-8-27)31-15-13-29(14-16-31)32-18-25(3)36-23-32/h4-8,13-16,18,21-26,30,34H,9-12,17,19-20H2,1-3H3,(H,39,40)/t25?,26-,30-,34?. The fourth-order valence-corrected chi connectivity index (χ4v) is 6.18. The molecule has 40 heavy (non-hydrogen) atoms. The zero-order valence-electron chi connectivity index (χ0n) is 24.1. The van der Waals surface area contributed by atoms with E-state index < -0.39 is 0 Å². The highest BCUT2D eigenvalue weighted by Gasteiger charge is 2.33. The molecular weight excluding hydrogens is 492 g/mol. The first-order valence-corrected chi connectivity index (χ1v) is 14.9. The maximum atomic E-state index is 13.7. The van der Waals surface area contributed by atoms with E-state index in [0.717, 1.165) is 66.6 Å². The molecule has 0 saturated heterocycles. The first kappa shape index (κ1) is 27.9. The van der Waals surface area contributed by atoms with Gasteiger partial charge in [0.25, 0.3) is 0 Å². The lowest BCUT2D eigenvalue weighted by atomic mass is 9.72. The molecule has 0 bridgehead atoms. The predicted octanol–water partition coefficient (Wildman–Crippen LogP) is 6.98. The Hall–Kier alpha value is -3.60. The van der Waals surface area contributed by atoms with E-state index >= 15 is 0 Å². The Morgan fingerprint density at radius 2 is 1.62 bits per heavy atom. The van der Waals surface area contributed by atoms with E-state index in [9.17, 15) is 4.79 Å². The Bertz CT molecular complexity index is 1300. The highest BCUT2D eigenvalue weighted by molar-refractivity contribution is 6.11. The Kier molecular flexibility index (Phi) is 9.20. The number of nitrogens with one attached hydrogen (secondary N) is 1. The number of benzene rings is 2. The van der Waals surface area contributed by atoms with Crippen LogP contribution >= 0.6 is 0 Å². The molecule has 3 aromatic rings. The van der Waals surface area contributed by atoms with Crippen LogP contribution in [0.1, 0.15) is 80.5 Å². The van der Waals surface area contributed by atoms with Crippen LogP contribution in [-0.2, 0) is 24.2 Å². The van der Waals surface area contributed by atoms with E-state index in [1.807, 2.05) is 36.8 Å². The minimum Gasteiger partial charge on any atom is -0.351 e. The second kappa shape index (κ2) is 13.2. The van der Waals surface area contributed by atoms with Crippen LogP contribution in [-0.4, -0.2) is 28.1 Å². The topological polar surface area (TPSA) is 67.2 Å². The minimum atomic E-state index is -0.157. The van der Waals surface area contributed by atoms with E-state index in [0.29, 0.717) is 24.3 Å². The molecule has 1 aromatic heterocycles. The Labute approximate surface area is 239 Å². The highest BCUT2D eigenvalue weighted by Crippen LogP contribution is 2.39. The van der Waals surface area contributed by atoms with Crippen molar-refractivity contribution in [1.82, 2.24) is 15.3 Å². The average Bonchev–Trinajstić information content (AvgIpc) is 3.41. The smallest absolute Gasteiger partial charge is 0.228 e. The third-order valence-electron chi connectivity index (χ3n) is 8.30. The number of amides is 1. The van der Waals surface area contributed by atoms with Crippen molar-refractivity contribution in [2.24, 2.45) is 22.7 Å². The molecule has 2 unspecified atom stereocenters. The number of rotatable bonds is 10. The molecule has 5 nitrogen and oxygen atoms in total. The van der Waals surface area contributed by atoms with Gasteiger partial charge in [0.1, 0.15) is 5.82 Å². The summed E-state index contributed by atoms with van der Waals surface area (Å²) >= 11 is 0. The average molecular weight is 535 g/mol. The van der Waals surface area contributed by atoms with Crippen LogP contribution in [0.5, 0.6) is 0 Å². The molecule has 1 N–H and O–H groups in total. The molecule has 2 aromatic carbocycles. The van der Waals surface area contributed by atoms with Gasteiger partial charge in [-0.1, -0.05) is 74.5 Å². The van der Waals surface area contributed by atoms with Crippen molar-refractivity contribution in [3.63, 3.8) is 0 Å². The number of hydrogen-bond acceptors (Lipinski definition) is 4. The maximum Gasteiger partial charge on any atom is 0.228 e. The van der Waals surface area contributed by atoms with Crippen molar-refractivity contribution in [1.29, 1.82) is 0 Å². The van der Waals surface area contributed by atoms with Gasteiger partial charge < -0.3 is 5.32 Å². The first-order chi connectivity index (χ1) is 19.4. The number of aliphatic imine (C=N–C) groups is 1. The highest BCUT2D eigenvalue weighted by atomic mass is 16.1. The monoisotopic (exact) mass is 534 g/mol. The van der Waals surface area contributed by atoms with E-state index in [1.165, 1.54) is 5.56 Å². The molecule has 5 heteroatoms. The van der Waals surface area contributed by atoms with Crippen LogP contribution in [0.15, 0.2) is 78.1 Å². The summed E-state index contributed by atoms with van der Waals surface area (Å²) in [6, 6.07) is 19.0. The summed E-state index contributed by atoms with van der Waals surface area (Å²) in [7, 11) is 0. The van der Waals surface area contributed by atoms with Crippen LogP contribution in [0.3, 0.4) is 0 Å². The molecule has 208 valence electrons. The molecule has 1 saturated carbocycles. The first-order valence-electron chi connectivity index (χ1n) is 14.9. The number of allylic oxidation sites excluding steroid dienone is 1. The van der Waals surface area contributed by atoms with Crippen LogP contribution < -0.4 is 5.32 Å². The molecule has 5 rings (SSSR count). The van der Waals surface area contributed by atoms with Gasteiger partial charge in [0, 0.05) is 31.6 Å². The lowest BCUT2D eigenvalue weighted by Crippen LogP contribution is -2.35. The van der Waals surface area contributed by atoms with Crippen molar-refractivity contribution in [3.8, 4) is 0 Å². The van der Waals surface area contributed by atoms with Gasteiger partial charge in [-0.3, -0.25) is 9.79 Å². The van der Waals surface area contributed by atoms with E-state index in [2.05, 4.69) is 83.5 Å². The summed E-state index contributed by atoms with van der Waals surface area (Å²) in [5, 5.41) is 3.25. The van der Waals surface area contributed by atoms with Crippen molar-refractivity contribution in [2.75, 3.05) is 0 Å². The van der Waals surface area contributed by atoms with Crippen LogP contribution in [0.25, 0.3) is 5.57 Å². The van der Waals surface area contributed by atoms with E-state index in [4.69, 9.17) is 0 Å². The number of aromatic nitrogens is 2. The molecule has 1 aliphatic carbocycles. The molecular formula is C35H42N4O. The van der Waals surface area contributed by atoms with Gasteiger partial charge in [-0.2, -0.15) is 0 Å².